The number of benzene rings is 1. The molecule has 76 valence electrons. The molecule has 1 aliphatic heterocycles. The van der Waals surface area contributed by atoms with Gasteiger partial charge in [0.15, 0.2) is 6.29 Å². The fourth-order valence-electron chi connectivity index (χ4n) is 2.61. The van der Waals surface area contributed by atoms with E-state index in [-0.39, 0.29) is 0 Å². The zero-order valence-corrected chi connectivity index (χ0v) is 8.79. The van der Waals surface area contributed by atoms with Gasteiger partial charge < -0.3 is 4.57 Å². The van der Waals surface area contributed by atoms with Crippen molar-refractivity contribution in [3.63, 3.8) is 0 Å². The van der Waals surface area contributed by atoms with E-state index in [0.717, 1.165) is 30.2 Å². The van der Waals surface area contributed by atoms with Crippen LogP contribution < -0.4 is 0 Å². The van der Waals surface area contributed by atoms with E-state index in [4.69, 9.17) is 0 Å². The van der Waals surface area contributed by atoms with Crippen LogP contribution in [0.4, 0.5) is 0 Å². The topological polar surface area (TPSA) is 22.0 Å². The Kier molecular flexibility index (Phi) is 1.72. The highest BCUT2D eigenvalue weighted by atomic mass is 16.1. The Labute approximate surface area is 88.5 Å². The van der Waals surface area contributed by atoms with Gasteiger partial charge in [-0.15, -0.1) is 0 Å². The van der Waals surface area contributed by atoms with Gasteiger partial charge in [0.2, 0.25) is 0 Å². The smallest absolute Gasteiger partial charge is 0.152 e. The Morgan fingerprint density at radius 1 is 1.40 bits per heavy atom. The van der Waals surface area contributed by atoms with Crippen molar-refractivity contribution in [2.24, 2.45) is 0 Å². The van der Waals surface area contributed by atoms with Crippen molar-refractivity contribution in [2.75, 3.05) is 0 Å². The number of aldehydes is 1. The van der Waals surface area contributed by atoms with E-state index in [9.17, 15) is 4.79 Å². The lowest BCUT2D eigenvalue weighted by molar-refractivity contribution is 0.112. The van der Waals surface area contributed by atoms with E-state index in [1.54, 1.807) is 0 Å². The van der Waals surface area contributed by atoms with Crippen molar-refractivity contribution in [1.82, 2.24) is 4.57 Å². The van der Waals surface area contributed by atoms with Gasteiger partial charge in [0.1, 0.15) is 0 Å². The zero-order valence-electron chi connectivity index (χ0n) is 8.79. The Morgan fingerprint density at radius 2 is 2.27 bits per heavy atom. The van der Waals surface area contributed by atoms with E-state index < -0.39 is 0 Å². The summed E-state index contributed by atoms with van der Waals surface area (Å²) in [6, 6.07) is 6.36. The molecular formula is C13H13NO. The maximum absolute atomic E-state index is 11.1. The van der Waals surface area contributed by atoms with Crippen LogP contribution in [0.15, 0.2) is 18.2 Å². The zero-order chi connectivity index (χ0) is 10.4. The van der Waals surface area contributed by atoms with Gasteiger partial charge >= 0.3 is 0 Å². The summed E-state index contributed by atoms with van der Waals surface area (Å²) in [6.45, 7) is 3.12. The van der Waals surface area contributed by atoms with Crippen molar-refractivity contribution in [3.05, 3.63) is 35.0 Å². The summed E-state index contributed by atoms with van der Waals surface area (Å²) in [6.07, 6.45) is 3.22. The molecule has 0 saturated carbocycles. The summed E-state index contributed by atoms with van der Waals surface area (Å²) in [4.78, 5) is 11.1. The highest BCUT2D eigenvalue weighted by Crippen LogP contribution is 2.30. The number of rotatable bonds is 1. The van der Waals surface area contributed by atoms with Crippen LogP contribution in [0, 0.1) is 6.92 Å². The van der Waals surface area contributed by atoms with Gasteiger partial charge in [0.25, 0.3) is 0 Å². The van der Waals surface area contributed by atoms with Gasteiger partial charge in [-0.1, -0.05) is 11.6 Å². The first-order valence-corrected chi connectivity index (χ1v) is 5.38. The minimum absolute atomic E-state index is 0.909. The second-order valence-electron chi connectivity index (χ2n) is 4.25. The molecule has 1 aromatic carbocycles. The molecule has 0 N–H and O–H groups in total. The molecule has 0 unspecified atom stereocenters. The Bertz CT molecular complexity index is 551. The highest BCUT2D eigenvalue weighted by molar-refractivity contribution is 6.00. The summed E-state index contributed by atoms with van der Waals surface area (Å²) in [5.74, 6) is 0. The Morgan fingerprint density at radius 3 is 3.07 bits per heavy atom. The quantitative estimate of drug-likeness (QED) is 0.647. The fourth-order valence-corrected chi connectivity index (χ4v) is 2.61. The van der Waals surface area contributed by atoms with Crippen LogP contribution in [0.3, 0.4) is 0 Å². The third-order valence-corrected chi connectivity index (χ3v) is 3.28. The maximum atomic E-state index is 11.1. The first-order chi connectivity index (χ1) is 7.31. The molecule has 0 bridgehead atoms. The van der Waals surface area contributed by atoms with Crippen LogP contribution in [0.25, 0.3) is 10.9 Å². The Balaban J connectivity index is 2.46. The number of aromatic nitrogens is 1. The summed E-state index contributed by atoms with van der Waals surface area (Å²) >= 11 is 0. The molecule has 0 fully saturated rings. The number of hydrogen-bond donors (Lipinski definition) is 0. The predicted molar refractivity (Wildman–Crippen MR) is 60.4 cm³/mol. The summed E-state index contributed by atoms with van der Waals surface area (Å²) in [5.41, 5.74) is 4.57. The molecule has 1 aliphatic rings. The van der Waals surface area contributed by atoms with Crippen molar-refractivity contribution < 1.29 is 4.79 Å². The van der Waals surface area contributed by atoms with Gasteiger partial charge in [-0.25, -0.2) is 0 Å². The average Bonchev–Trinajstić information content (AvgIpc) is 2.76. The van der Waals surface area contributed by atoms with E-state index >= 15 is 0 Å². The number of carbonyl (C=O) groups excluding carboxylic acids is 1. The molecule has 0 atom stereocenters. The monoisotopic (exact) mass is 199 g/mol. The molecule has 0 saturated heterocycles. The summed E-state index contributed by atoms with van der Waals surface area (Å²) in [7, 11) is 0. The Hall–Kier alpha value is -1.57. The van der Waals surface area contributed by atoms with Crippen molar-refractivity contribution in [2.45, 2.75) is 26.3 Å². The average molecular weight is 199 g/mol. The number of fused-ring (bicyclic) bond motifs is 3. The number of hydrogen-bond acceptors (Lipinski definition) is 1. The molecule has 0 radical (unpaired) electrons. The first kappa shape index (κ1) is 8.72. The van der Waals surface area contributed by atoms with Gasteiger partial charge in [-0.3, -0.25) is 4.79 Å². The normalized spacial score (nSPS) is 14.5. The SMILES string of the molecule is Cc1ccc2c(c1)c(C=O)c1n2CCC1. The molecule has 3 rings (SSSR count). The molecule has 2 heterocycles. The molecule has 1 aromatic heterocycles. The van der Waals surface area contributed by atoms with E-state index in [1.807, 2.05) is 0 Å². The van der Waals surface area contributed by atoms with Crippen LogP contribution in [0.2, 0.25) is 0 Å². The van der Waals surface area contributed by atoms with Crippen LogP contribution in [-0.2, 0) is 13.0 Å². The fraction of sp³-hybridized carbons (Fsp3) is 0.308. The highest BCUT2D eigenvalue weighted by Gasteiger charge is 2.20. The van der Waals surface area contributed by atoms with Crippen molar-refractivity contribution in [3.8, 4) is 0 Å². The van der Waals surface area contributed by atoms with Gasteiger partial charge in [-0.2, -0.15) is 0 Å². The molecule has 0 amide bonds. The summed E-state index contributed by atoms with van der Waals surface area (Å²) < 4.78 is 2.29. The van der Waals surface area contributed by atoms with Crippen molar-refractivity contribution in [1.29, 1.82) is 0 Å². The maximum Gasteiger partial charge on any atom is 0.152 e. The number of aryl methyl sites for hydroxylation is 2. The van der Waals surface area contributed by atoms with E-state index in [2.05, 4.69) is 29.7 Å². The molecule has 2 nitrogen and oxygen atoms in total. The van der Waals surface area contributed by atoms with Crippen LogP contribution in [0.5, 0.6) is 0 Å². The van der Waals surface area contributed by atoms with E-state index in [0.29, 0.717) is 0 Å². The molecular weight excluding hydrogens is 186 g/mol. The van der Waals surface area contributed by atoms with Crippen LogP contribution >= 0.6 is 0 Å². The van der Waals surface area contributed by atoms with Crippen molar-refractivity contribution >= 4 is 17.2 Å². The largest absolute Gasteiger partial charge is 0.344 e. The number of nitrogens with zero attached hydrogens (tertiary/aromatic N) is 1. The molecule has 0 spiro atoms. The minimum Gasteiger partial charge on any atom is -0.344 e. The molecule has 2 aromatic rings. The van der Waals surface area contributed by atoms with Crippen LogP contribution in [0.1, 0.15) is 28.0 Å². The van der Waals surface area contributed by atoms with Gasteiger partial charge in [0, 0.05) is 28.7 Å². The lowest BCUT2D eigenvalue weighted by Gasteiger charge is -1.99. The predicted octanol–water partition coefficient (Wildman–Crippen LogP) is 2.71. The first-order valence-electron chi connectivity index (χ1n) is 5.38. The third kappa shape index (κ3) is 1.08. The second kappa shape index (κ2) is 2.96. The summed E-state index contributed by atoms with van der Waals surface area (Å²) in [5, 5.41) is 1.12. The standard InChI is InChI=1S/C13H13NO/c1-9-4-5-13-10(7-9)11(8-15)12-3-2-6-14(12)13/h4-5,7-8H,2-3,6H2,1H3. The molecule has 2 heteroatoms. The van der Waals surface area contributed by atoms with E-state index in [1.165, 1.54) is 23.2 Å². The van der Waals surface area contributed by atoms with Gasteiger partial charge in [-0.05, 0) is 31.9 Å². The second-order valence-corrected chi connectivity index (χ2v) is 4.25. The minimum atomic E-state index is 0.909. The molecule has 0 aliphatic carbocycles. The third-order valence-electron chi connectivity index (χ3n) is 3.28. The number of carbonyl (C=O) groups is 1. The van der Waals surface area contributed by atoms with Crippen LogP contribution in [-0.4, -0.2) is 10.9 Å². The lowest BCUT2D eigenvalue weighted by Crippen LogP contribution is -1.91. The lowest BCUT2D eigenvalue weighted by atomic mass is 10.1. The van der Waals surface area contributed by atoms with Gasteiger partial charge in [0.05, 0.1) is 0 Å². The molecule has 15 heavy (non-hydrogen) atoms.